The molecular formula is C13H11NOSe. The SMILES string of the molecule is COc1ccc2c(c1)[Se]c1ccccc1N2. The van der Waals surface area contributed by atoms with Crippen LogP contribution >= 0.6 is 0 Å². The van der Waals surface area contributed by atoms with E-state index in [0.29, 0.717) is 15.0 Å². The summed E-state index contributed by atoms with van der Waals surface area (Å²) < 4.78 is 8.00. The van der Waals surface area contributed by atoms with E-state index >= 15 is 0 Å². The molecule has 1 heterocycles. The Morgan fingerprint density at radius 1 is 1.00 bits per heavy atom. The number of anilines is 2. The summed E-state index contributed by atoms with van der Waals surface area (Å²) in [5, 5.41) is 3.45. The van der Waals surface area contributed by atoms with Crippen molar-refractivity contribution in [3.8, 4) is 5.75 Å². The van der Waals surface area contributed by atoms with Crippen LogP contribution < -0.4 is 19.0 Å². The Kier molecular flexibility index (Phi) is 2.35. The van der Waals surface area contributed by atoms with Gasteiger partial charge in [-0.05, 0) is 0 Å². The maximum atomic E-state index is 5.25. The van der Waals surface area contributed by atoms with Crippen LogP contribution in [-0.4, -0.2) is 22.1 Å². The summed E-state index contributed by atoms with van der Waals surface area (Å²) in [6.45, 7) is 0. The number of hydrogen-bond donors (Lipinski definition) is 1. The first kappa shape index (κ1) is 9.76. The average Bonchev–Trinajstić information content (AvgIpc) is 2.35. The molecule has 0 saturated carbocycles. The van der Waals surface area contributed by atoms with E-state index in [2.05, 4.69) is 41.7 Å². The zero-order chi connectivity index (χ0) is 11.0. The second-order valence-corrected chi connectivity index (χ2v) is 5.86. The molecule has 2 aromatic carbocycles. The number of fused-ring (bicyclic) bond motifs is 2. The molecule has 0 aliphatic carbocycles. The topological polar surface area (TPSA) is 21.3 Å². The Morgan fingerprint density at radius 2 is 1.81 bits per heavy atom. The fraction of sp³-hybridized carbons (Fsp3) is 0.0769. The summed E-state index contributed by atoms with van der Waals surface area (Å²) in [6, 6.07) is 14.7. The second-order valence-electron chi connectivity index (χ2n) is 3.59. The molecule has 80 valence electrons. The summed E-state index contributed by atoms with van der Waals surface area (Å²) in [6.07, 6.45) is 0. The van der Waals surface area contributed by atoms with Crippen LogP contribution in [0.2, 0.25) is 0 Å². The molecule has 2 nitrogen and oxygen atoms in total. The van der Waals surface area contributed by atoms with E-state index in [4.69, 9.17) is 4.74 Å². The van der Waals surface area contributed by atoms with Crippen molar-refractivity contribution in [1.29, 1.82) is 0 Å². The van der Waals surface area contributed by atoms with Crippen molar-refractivity contribution in [2.45, 2.75) is 0 Å². The van der Waals surface area contributed by atoms with E-state index in [-0.39, 0.29) is 0 Å². The van der Waals surface area contributed by atoms with Crippen molar-refractivity contribution in [2.24, 2.45) is 0 Å². The van der Waals surface area contributed by atoms with Gasteiger partial charge in [0.2, 0.25) is 0 Å². The average molecular weight is 276 g/mol. The van der Waals surface area contributed by atoms with Crippen LogP contribution in [0.1, 0.15) is 0 Å². The molecule has 0 atom stereocenters. The van der Waals surface area contributed by atoms with E-state index in [9.17, 15) is 0 Å². The van der Waals surface area contributed by atoms with Crippen molar-refractivity contribution >= 4 is 35.3 Å². The Labute approximate surface area is 101 Å². The summed E-state index contributed by atoms with van der Waals surface area (Å²) in [4.78, 5) is 0. The molecule has 0 amide bonds. The van der Waals surface area contributed by atoms with Gasteiger partial charge in [-0.1, -0.05) is 0 Å². The zero-order valence-electron chi connectivity index (χ0n) is 8.86. The van der Waals surface area contributed by atoms with E-state index in [1.165, 1.54) is 20.3 Å². The number of methoxy groups -OCH3 is 1. The molecule has 0 radical (unpaired) electrons. The molecule has 0 spiro atoms. The van der Waals surface area contributed by atoms with Crippen LogP contribution in [0.25, 0.3) is 0 Å². The van der Waals surface area contributed by atoms with Crippen molar-refractivity contribution < 1.29 is 4.74 Å². The number of para-hydroxylation sites is 1. The van der Waals surface area contributed by atoms with E-state index in [1.807, 2.05) is 6.07 Å². The zero-order valence-corrected chi connectivity index (χ0v) is 10.6. The van der Waals surface area contributed by atoms with Crippen LogP contribution in [0.3, 0.4) is 0 Å². The molecular weight excluding hydrogens is 265 g/mol. The normalized spacial score (nSPS) is 12.3. The Morgan fingerprint density at radius 3 is 2.69 bits per heavy atom. The summed E-state index contributed by atoms with van der Waals surface area (Å²) in [5.41, 5.74) is 2.44. The summed E-state index contributed by atoms with van der Waals surface area (Å²) in [7, 11) is 1.71. The van der Waals surface area contributed by atoms with Crippen molar-refractivity contribution in [2.75, 3.05) is 12.4 Å². The van der Waals surface area contributed by atoms with Gasteiger partial charge in [-0.3, -0.25) is 0 Å². The summed E-state index contributed by atoms with van der Waals surface area (Å²) in [5.74, 6) is 0.932. The van der Waals surface area contributed by atoms with Gasteiger partial charge in [0, 0.05) is 0 Å². The van der Waals surface area contributed by atoms with Gasteiger partial charge in [0.15, 0.2) is 0 Å². The van der Waals surface area contributed by atoms with E-state index in [1.54, 1.807) is 7.11 Å². The third-order valence-corrected chi connectivity index (χ3v) is 4.94. The van der Waals surface area contributed by atoms with Gasteiger partial charge in [-0.15, -0.1) is 0 Å². The third-order valence-electron chi connectivity index (χ3n) is 2.57. The van der Waals surface area contributed by atoms with Crippen LogP contribution in [0, 0.1) is 0 Å². The van der Waals surface area contributed by atoms with Gasteiger partial charge in [-0.2, -0.15) is 0 Å². The van der Waals surface area contributed by atoms with E-state index < -0.39 is 0 Å². The molecule has 3 heteroatoms. The molecule has 0 saturated heterocycles. The molecule has 1 aliphatic heterocycles. The Balaban J connectivity index is 2.05. The molecule has 0 aromatic heterocycles. The molecule has 16 heavy (non-hydrogen) atoms. The number of ether oxygens (including phenoxy) is 1. The van der Waals surface area contributed by atoms with Crippen LogP contribution in [-0.2, 0) is 0 Å². The van der Waals surface area contributed by atoms with Gasteiger partial charge in [-0.25, -0.2) is 0 Å². The van der Waals surface area contributed by atoms with Crippen LogP contribution in [0.5, 0.6) is 5.75 Å². The minimum absolute atomic E-state index is 0.367. The van der Waals surface area contributed by atoms with Crippen LogP contribution in [0.15, 0.2) is 42.5 Å². The van der Waals surface area contributed by atoms with Crippen LogP contribution in [0.4, 0.5) is 11.4 Å². The monoisotopic (exact) mass is 277 g/mol. The Hall–Kier alpha value is -1.44. The van der Waals surface area contributed by atoms with Crippen molar-refractivity contribution in [1.82, 2.24) is 0 Å². The molecule has 0 unspecified atom stereocenters. The number of nitrogens with one attached hydrogen (secondary N) is 1. The fourth-order valence-corrected chi connectivity index (χ4v) is 3.87. The number of hydrogen-bond acceptors (Lipinski definition) is 2. The molecule has 2 aromatic rings. The quantitative estimate of drug-likeness (QED) is 0.679. The van der Waals surface area contributed by atoms with Gasteiger partial charge >= 0.3 is 101 Å². The van der Waals surface area contributed by atoms with Gasteiger partial charge in [0.25, 0.3) is 0 Å². The predicted octanol–water partition coefficient (Wildman–Crippen LogP) is 1.41. The number of benzene rings is 2. The van der Waals surface area contributed by atoms with Crippen molar-refractivity contribution in [3.63, 3.8) is 0 Å². The number of rotatable bonds is 1. The van der Waals surface area contributed by atoms with Gasteiger partial charge in [0.05, 0.1) is 0 Å². The van der Waals surface area contributed by atoms with Crippen molar-refractivity contribution in [3.05, 3.63) is 42.5 Å². The first-order valence-corrected chi connectivity index (χ1v) is 6.80. The Bertz CT molecular complexity index is 539. The predicted molar refractivity (Wildman–Crippen MR) is 67.7 cm³/mol. The van der Waals surface area contributed by atoms with Gasteiger partial charge < -0.3 is 0 Å². The maximum absolute atomic E-state index is 5.25. The molecule has 3 rings (SSSR count). The third kappa shape index (κ3) is 1.58. The van der Waals surface area contributed by atoms with E-state index in [0.717, 1.165) is 5.75 Å². The van der Waals surface area contributed by atoms with Gasteiger partial charge in [0.1, 0.15) is 0 Å². The second kappa shape index (κ2) is 3.85. The molecule has 0 fully saturated rings. The minimum atomic E-state index is 0.367. The first-order chi connectivity index (χ1) is 7.86. The summed E-state index contributed by atoms with van der Waals surface area (Å²) >= 11 is 0.367. The fourth-order valence-electron chi connectivity index (χ4n) is 1.74. The molecule has 0 bridgehead atoms. The standard InChI is InChI=1S/C13H11NOSe/c1-15-9-6-7-11-13(8-9)16-12-5-3-2-4-10(12)14-11/h2-8,14H,1H3. The first-order valence-electron chi connectivity index (χ1n) is 5.09. The molecule has 1 N–H and O–H groups in total. The molecule has 1 aliphatic rings.